The zero-order valence-electron chi connectivity index (χ0n) is 9.41. The molecule has 0 spiro atoms. The highest BCUT2D eigenvalue weighted by Crippen LogP contribution is 2.30. The summed E-state index contributed by atoms with van der Waals surface area (Å²) in [7, 11) is 0. The van der Waals surface area contributed by atoms with Crippen LogP contribution in [0.15, 0.2) is 0 Å². The van der Waals surface area contributed by atoms with Crippen molar-refractivity contribution in [3.05, 3.63) is 0 Å². The predicted molar refractivity (Wildman–Crippen MR) is 55.4 cm³/mol. The fourth-order valence-corrected chi connectivity index (χ4v) is 2.19. The van der Waals surface area contributed by atoms with Crippen molar-refractivity contribution in [3.63, 3.8) is 0 Å². The summed E-state index contributed by atoms with van der Waals surface area (Å²) < 4.78 is 38.3. The number of piperidine rings is 1. The minimum atomic E-state index is -4.51. The zero-order chi connectivity index (χ0) is 13.1. The van der Waals surface area contributed by atoms with Gasteiger partial charge in [-0.1, -0.05) is 0 Å². The average molecular weight is 254 g/mol. The lowest BCUT2D eigenvalue weighted by atomic mass is 9.96. The van der Waals surface area contributed by atoms with Crippen molar-refractivity contribution < 1.29 is 23.1 Å². The van der Waals surface area contributed by atoms with Crippen LogP contribution in [-0.4, -0.2) is 47.8 Å². The molecule has 4 nitrogen and oxygen atoms in total. The van der Waals surface area contributed by atoms with Crippen LogP contribution in [0.1, 0.15) is 19.3 Å². The van der Waals surface area contributed by atoms with E-state index in [0.717, 1.165) is 6.42 Å². The molecular formula is C10H17F3N2O2. The summed E-state index contributed by atoms with van der Waals surface area (Å²) in [5.74, 6) is -1.40. The highest BCUT2D eigenvalue weighted by atomic mass is 19.4. The van der Waals surface area contributed by atoms with Crippen LogP contribution in [0.2, 0.25) is 0 Å². The number of nitrogens with two attached hydrogens (primary N) is 1. The maximum atomic E-state index is 12.8. The van der Waals surface area contributed by atoms with Crippen LogP contribution >= 0.6 is 0 Å². The largest absolute Gasteiger partial charge is 0.481 e. The number of aliphatic carboxylic acids is 1. The van der Waals surface area contributed by atoms with Crippen LogP contribution in [0, 0.1) is 5.92 Å². The number of likely N-dealkylation sites (tertiary alicyclic amines) is 1. The van der Waals surface area contributed by atoms with Gasteiger partial charge in [-0.2, -0.15) is 13.2 Å². The Hall–Kier alpha value is -0.820. The van der Waals surface area contributed by atoms with Gasteiger partial charge in [0.25, 0.3) is 0 Å². The molecule has 2 atom stereocenters. The van der Waals surface area contributed by atoms with Crippen LogP contribution < -0.4 is 5.73 Å². The van der Waals surface area contributed by atoms with Crippen LogP contribution in [0.4, 0.5) is 13.2 Å². The maximum absolute atomic E-state index is 12.8. The highest BCUT2D eigenvalue weighted by molar-refractivity contribution is 5.67. The Morgan fingerprint density at radius 2 is 2.18 bits per heavy atom. The molecule has 1 heterocycles. The minimum Gasteiger partial charge on any atom is -0.481 e. The SMILES string of the molecule is NCC1CCCN(C(CC(=O)O)C(F)(F)F)C1. The molecule has 1 rings (SSSR count). The van der Waals surface area contributed by atoms with Crippen LogP contribution in [0.5, 0.6) is 0 Å². The number of nitrogens with zero attached hydrogens (tertiary/aromatic N) is 1. The summed E-state index contributed by atoms with van der Waals surface area (Å²) in [5, 5.41) is 8.55. The van der Waals surface area contributed by atoms with Gasteiger partial charge in [0.15, 0.2) is 0 Å². The lowest BCUT2D eigenvalue weighted by molar-refractivity contribution is -0.194. The first kappa shape index (κ1) is 14.2. The van der Waals surface area contributed by atoms with Gasteiger partial charge in [0.1, 0.15) is 6.04 Å². The van der Waals surface area contributed by atoms with E-state index in [0.29, 0.717) is 13.0 Å². The minimum absolute atomic E-state index is 0.0300. The molecule has 0 saturated carbocycles. The number of carboxylic acids is 1. The Morgan fingerprint density at radius 1 is 1.53 bits per heavy atom. The molecule has 0 amide bonds. The van der Waals surface area contributed by atoms with Crippen molar-refractivity contribution in [2.24, 2.45) is 11.7 Å². The van der Waals surface area contributed by atoms with E-state index in [-0.39, 0.29) is 19.0 Å². The highest BCUT2D eigenvalue weighted by Gasteiger charge is 2.45. The number of hydrogen-bond acceptors (Lipinski definition) is 3. The molecule has 1 aliphatic heterocycles. The second-order valence-corrected chi connectivity index (χ2v) is 4.39. The van der Waals surface area contributed by atoms with Crippen molar-refractivity contribution >= 4 is 5.97 Å². The predicted octanol–water partition coefficient (Wildman–Crippen LogP) is 1.06. The maximum Gasteiger partial charge on any atom is 0.404 e. The first-order valence-electron chi connectivity index (χ1n) is 5.57. The number of hydrogen-bond donors (Lipinski definition) is 2. The third kappa shape index (κ3) is 4.16. The summed E-state index contributed by atoms with van der Waals surface area (Å²) in [5.41, 5.74) is 5.45. The normalized spacial score (nSPS) is 24.6. The van der Waals surface area contributed by atoms with E-state index < -0.39 is 24.6 Å². The molecule has 2 unspecified atom stereocenters. The molecule has 3 N–H and O–H groups in total. The van der Waals surface area contributed by atoms with E-state index in [4.69, 9.17) is 10.8 Å². The van der Waals surface area contributed by atoms with E-state index in [1.807, 2.05) is 0 Å². The van der Waals surface area contributed by atoms with Gasteiger partial charge in [-0.15, -0.1) is 0 Å². The molecule has 1 saturated heterocycles. The Labute approximate surface area is 97.6 Å². The van der Waals surface area contributed by atoms with Crippen LogP contribution in [-0.2, 0) is 4.79 Å². The molecule has 1 fully saturated rings. The van der Waals surface area contributed by atoms with E-state index >= 15 is 0 Å². The van der Waals surface area contributed by atoms with Gasteiger partial charge in [-0.05, 0) is 31.8 Å². The Kier molecular flexibility index (Phi) is 4.76. The third-order valence-electron chi connectivity index (χ3n) is 3.07. The molecule has 0 aromatic rings. The third-order valence-corrected chi connectivity index (χ3v) is 3.07. The van der Waals surface area contributed by atoms with Crippen molar-refractivity contribution in [1.82, 2.24) is 4.90 Å². The molecule has 0 aromatic heterocycles. The van der Waals surface area contributed by atoms with E-state index in [2.05, 4.69) is 0 Å². The number of carboxylic acid groups (broad SMARTS) is 1. The van der Waals surface area contributed by atoms with Crippen molar-refractivity contribution in [2.45, 2.75) is 31.5 Å². The lowest BCUT2D eigenvalue weighted by Gasteiger charge is -2.38. The second kappa shape index (κ2) is 5.68. The van der Waals surface area contributed by atoms with Gasteiger partial charge in [-0.25, -0.2) is 0 Å². The van der Waals surface area contributed by atoms with Gasteiger partial charge < -0.3 is 10.8 Å². The molecule has 1 aliphatic rings. The molecule has 0 bridgehead atoms. The van der Waals surface area contributed by atoms with E-state index in [9.17, 15) is 18.0 Å². The van der Waals surface area contributed by atoms with Gasteiger partial charge in [0, 0.05) is 6.54 Å². The van der Waals surface area contributed by atoms with Gasteiger partial charge in [0.05, 0.1) is 6.42 Å². The van der Waals surface area contributed by atoms with Crippen LogP contribution in [0.3, 0.4) is 0 Å². The lowest BCUT2D eigenvalue weighted by Crippen LogP contribution is -2.51. The monoisotopic (exact) mass is 254 g/mol. The first-order chi connectivity index (χ1) is 7.84. The Balaban J connectivity index is 2.72. The molecule has 17 heavy (non-hydrogen) atoms. The molecule has 0 radical (unpaired) electrons. The second-order valence-electron chi connectivity index (χ2n) is 4.39. The first-order valence-corrected chi connectivity index (χ1v) is 5.57. The molecule has 0 aromatic carbocycles. The summed E-state index contributed by atoms with van der Waals surface area (Å²) in [6, 6.07) is -1.89. The summed E-state index contributed by atoms with van der Waals surface area (Å²) in [4.78, 5) is 11.7. The number of rotatable bonds is 4. The van der Waals surface area contributed by atoms with Gasteiger partial charge in [-0.3, -0.25) is 9.69 Å². The summed E-state index contributed by atoms with van der Waals surface area (Å²) in [6.07, 6.45) is -3.96. The standard InChI is InChI=1S/C10H17F3N2O2/c11-10(12,13)8(4-9(16)17)15-3-1-2-7(5-14)6-15/h7-8H,1-6,14H2,(H,16,17). The van der Waals surface area contributed by atoms with Crippen LogP contribution in [0.25, 0.3) is 0 Å². The number of carbonyl (C=O) groups is 1. The molecular weight excluding hydrogens is 237 g/mol. The van der Waals surface area contributed by atoms with Crippen molar-refractivity contribution in [2.75, 3.05) is 19.6 Å². The molecule has 100 valence electrons. The quantitative estimate of drug-likeness (QED) is 0.787. The van der Waals surface area contributed by atoms with Crippen molar-refractivity contribution in [3.8, 4) is 0 Å². The Morgan fingerprint density at radius 3 is 2.65 bits per heavy atom. The molecule has 0 aliphatic carbocycles. The smallest absolute Gasteiger partial charge is 0.404 e. The van der Waals surface area contributed by atoms with E-state index in [1.54, 1.807) is 0 Å². The Bertz CT molecular complexity index is 271. The average Bonchev–Trinajstić information content (AvgIpc) is 2.24. The topological polar surface area (TPSA) is 66.6 Å². The van der Waals surface area contributed by atoms with Gasteiger partial charge >= 0.3 is 12.1 Å². The fraction of sp³-hybridized carbons (Fsp3) is 0.900. The molecule has 7 heteroatoms. The van der Waals surface area contributed by atoms with Gasteiger partial charge in [0.2, 0.25) is 0 Å². The zero-order valence-corrected chi connectivity index (χ0v) is 9.41. The number of halogens is 3. The number of alkyl halides is 3. The fourth-order valence-electron chi connectivity index (χ4n) is 2.19. The summed E-state index contributed by atoms with van der Waals surface area (Å²) in [6.45, 7) is 0.857. The van der Waals surface area contributed by atoms with E-state index in [1.165, 1.54) is 4.90 Å². The van der Waals surface area contributed by atoms with Crippen molar-refractivity contribution in [1.29, 1.82) is 0 Å². The summed E-state index contributed by atoms with van der Waals surface area (Å²) >= 11 is 0.